The molecule has 1 heterocycles. The summed E-state index contributed by atoms with van der Waals surface area (Å²) in [5.41, 5.74) is 1.88. The van der Waals surface area contributed by atoms with E-state index in [1.165, 1.54) is 0 Å². The molecule has 0 fully saturated rings. The van der Waals surface area contributed by atoms with Crippen LogP contribution in [0, 0.1) is 0 Å². The molecule has 0 aliphatic rings. The van der Waals surface area contributed by atoms with Crippen molar-refractivity contribution in [2.45, 2.75) is 0 Å². The molecular weight excluding hydrogens is 520 g/mol. The minimum atomic E-state index is -0.739. The van der Waals surface area contributed by atoms with Crippen LogP contribution in [-0.2, 0) is 0 Å². The molecule has 8 aromatic carbocycles. The average Bonchev–Trinajstić information content (AvgIpc) is 3.60. The second-order valence-corrected chi connectivity index (χ2v) is 10.1. The second kappa shape index (κ2) is 9.44. The summed E-state index contributed by atoms with van der Waals surface area (Å²) in [6.45, 7) is 0. The fourth-order valence-electron chi connectivity index (χ4n) is 5.90. The molecule has 0 atom stereocenters. The fraction of sp³-hybridized carbons (Fsp3) is 0. The average molecular weight is 562 g/mol. The monoisotopic (exact) mass is 561 g/mol. The largest absolute Gasteiger partial charge is 0.456 e. The van der Waals surface area contributed by atoms with E-state index in [0.717, 1.165) is 10.8 Å². The number of para-hydroxylation sites is 1. The maximum Gasteiger partial charge on any atom is 0.136 e. The van der Waals surface area contributed by atoms with Gasteiger partial charge in [0.25, 0.3) is 0 Å². The maximum atomic E-state index is 9.44. The van der Waals surface area contributed by atoms with Gasteiger partial charge in [0.15, 0.2) is 0 Å². The predicted octanol–water partition coefficient (Wildman–Crippen LogP) is 12.0. The van der Waals surface area contributed by atoms with Crippen LogP contribution in [0.2, 0.25) is 0 Å². The highest BCUT2D eigenvalue weighted by atomic mass is 16.3. The van der Waals surface area contributed by atoms with E-state index in [0.29, 0.717) is 27.9 Å². The van der Waals surface area contributed by atoms with E-state index < -0.39 is 107 Å². The van der Waals surface area contributed by atoms with Crippen LogP contribution in [0.1, 0.15) is 20.6 Å². The van der Waals surface area contributed by atoms with E-state index in [1.807, 2.05) is 42.5 Å². The normalized spacial score (nSPS) is 16.6. The van der Waals surface area contributed by atoms with Gasteiger partial charge in [-0.15, -0.1) is 0 Å². The predicted molar refractivity (Wildman–Crippen MR) is 183 cm³/mol. The van der Waals surface area contributed by atoms with Crippen LogP contribution < -0.4 is 0 Å². The Morgan fingerprint density at radius 3 is 1.79 bits per heavy atom. The number of hydrogen-bond donors (Lipinski definition) is 0. The summed E-state index contributed by atoms with van der Waals surface area (Å²) in [5.74, 6) is 0. The van der Waals surface area contributed by atoms with Crippen molar-refractivity contribution in [3.63, 3.8) is 0 Å². The molecule has 1 nitrogen and oxygen atoms in total. The molecule has 0 amide bonds. The number of hydrogen-bond acceptors (Lipinski definition) is 1. The summed E-state index contributed by atoms with van der Waals surface area (Å²) in [4.78, 5) is 0. The Labute approximate surface area is 270 Å². The maximum absolute atomic E-state index is 9.44. The van der Waals surface area contributed by atoms with Crippen molar-refractivity contribution in [3.8, 4) is 33.4 Å². The molecule has 1 heteroatoms. The van der Waals surface area contributed by atoms with Crippen LogP contribution in [0.15, 0.2) is 162 Å². The van der Waals surface area contributed by atoms with Gasteiger partial charge >= 0.3 is 0 Å². The molecule has 0 saturated heterocycles. The zero-order chi connectivity index (χ0) is 41.4. The van der Waals surface area contributed by atoms with Crippen LogP contribution in [0.4, 0.5) is 0 Å². The summed E-state index contributed by atoms with van der Waals surface area (Å²) in [5, 5.41) is -0.0570. The van der Waals surface area contributed by atoms with Gasteiger partial charge in [-0.25, -0.2) is 0 Å². The third kappa shape index (κ3) is 3.72. The quantitative estimate of drug-likeness (QED) is 0.196. The molecule has 9 rings (SSSR count). The molecule has 0 aliphatic carbocycles. The lowest BCUT2D eigenvalue weighted by Gasteiger charge is -2.20. The van der Waals surface area contributed by atoms with Gasteiger partial charge in [0.05, 0.1) is 20.6 Å². The van der Waals surface area contributed by atoms with E-state index in [9.17, 15) is 8.22 Å². The van der Waals surface area contributed by atoms with E-state index in [2.05, 4.69) is 0 Å². The lowest BCUT2D eigenvalue weighted by Crippen LogP contribution is -1.92. The van der Waals surface area contributed by atoms with Crippen molar-refractivity contribution in [1.82, 2.24) is 0 Å². The zero-order valence-corrected chi connectivity index (χ0v) is 22.3. The van der Waals surface area contributed by atoms with Crippen LogP contribution in [0.3, 0.4) is 0 Å². The fourth-order valence-corrected chi connectivity index (χ4v) is 5.90. The van der Waals surface area contributed by atoms with Crippen molar-refractivity contribution in [1.29, 1.82) is 0 Å². The first-order valence-corrected chi connectivity index (χ1v) is 13.6. The topological polar surface area (TPSA) is 13.1 Å². The molecule has 200 valence electrons. The number of rotatable bonds is 3. The third-order valence-electron chi connectivity index (χ3n) is 7.76. The Balaban J connectivity index is 1.53. The Kier molecular flexibility index (Phi) is 2.97. The number of furan rings is 1. The third-order valence-corrected chi connectivity index (χ3v) is 7.76. The van der Waals surface area contributed by atoms with Gasteiger partial charge in [0.1, 0.15) is 11.2 Å². The molecule has 0 bridgehead atoms. The highest BCUT2D eigenvalue weighted by Gasteiger charge is 2.19. The van der Waals surface area contributed by atoms with Gasteiger partial charge in [0.2, 0.25) is 0 Å². The lowest BCUT2D eigenvalue weighted by atomic mass is 9.83. The van der Waals surface area contributed by atoms with Crippen molar-refractivity contribution in [2.75, 3.05) is 0 Å². The Morgan fingerprint density at radius 2 is 1.02 bits per heavy atom. The van der Waals surface area contributed by atoms with Crippen molar-refractivity contribution in [2.24, 2.45) is 0 Å². The van der Waals surface area contributed by atoms with Crippen molar-refractivity contribution < 1.29 is 25.0 Å². The van der Waals surface area contributed by atoms with Gasteiger partial charge in [-0.1, -0.05) is 133 Å². The molecule has 0 spiro atoms. The van der Waals surface area contributed by atoms with Crippen molar-refractivity contribution in [3.05, 3.63) is 157 Å². The highest BCUT2D eigenvalue weighted by Crippen LogP contribution is 2.46. The highest BCUT2D eigenvalue weighted by molar-refractivity contribution is 6.22. The van der Waals surface area contributed by atoms with E-state index in [-0.39, 0.29) is 32.7 Å². The van der Waals surface area contributed by atoms with Crippen LogP contribution in [0.5, 0.6) is 0 Å². The Morgan fingerprint density at radius 1 is 0.419 bits per heavy atom. The molecule has 0 radical (unpaired) electrons. The van der Waals surface area contributed by atoms with E-state index in [1.54, 1.807) is 24.3 Å². The molecular formula is C42H26O. The number of benzene rings is 8. The van der Waals surface area contributed by atoms with Gasteiger partial charge < -0.3 is 4.42 Å². The standard InChI is InChI=1S/C42H26O/c1-2-12-28-25-30(22-21-27(28)11-1)41-35-16-5-7-18-37(35)42(38-19-8-6-17-36(38)41)34-15-4-3-13-31(34)29-23-24-33-32-14-9-10-20-39(32)43-40(33)26-29/h1-26H/i1D,2D,5D,6D,7D,8D,11D,12D,16D,17D,18D,19D,21D,22D,25D. The summed E-state index contributed by atoms with van der Waals surface area (Å²) in [7, 11) is 0. The van der Waals surface area contributed by atoms with Gasteiger partial charge in [-0.05, 0) is 89.9 Å². The summed E-state index contributed by atoms with van der Waals surface area (Å²) < 4.78 is 140. The minimum Gasteiger partial charge on any atom is -0.456 e. The summed E-state index contributed by atoms with van der Waals surface area (Å²) in [6.07, 6.45) is 0. The molecule has 43 heavy (non-hydrogen) atoms. The van der Waals surface area contributed by atoms with Gasteiger partial charge in [-0.2, -0.15) is 0 Å². The first-order chi connectivity index (χ1) is 27.6. The van der Waals surface area contributed by atoms with Crippen molar-refractivity contribution >= 4 is 54.3 Å². The molecule has 0 N–H and O–H groups in total. The van der Waals surface area contributed by atoms with Gasteiger partial charge in [-0.3, -0.25) is 0 Å². The number of fused-ring (bicyclic) bond motifs is 6. The van der Waals surface area contributed by atoms with E-state index in [4.69, 9.17) is 16.8 Å². The van der Waals surface area contributed by atoms with Crippen LogP contribution in [0.25, 0.3) is 87.6 Å². The van der Waals surface area contributed by atoms with Crippen LogP contribution >= 0.6 is 0 Å². The molecule has 9 aromatic rings. The molecule has 0 aliphatic heterocycles. The molecule has 0 unspecified atom stereocenters. The van der Waals surface area contributed by atoms with Crippen LogP contribution in [-0.4, -0.2) is 0 Å². The van der Waals surface area contributed by atoms with Gasteiger partial charge in [0, 0.05) is 10.8 Å². The van der Waals surface area contributed by atoms with E-state index >= 15 is 0 Å². The summed E-state index contributed by atoms with van der Waals surface area (Å²) in [6, 6.07) is 10.0. The molecule has 0 saturated carbocycles. The SMILES string of the molecule is [2H]c1c([2H])c([2H])c2c([2H])c(-c3c4c([2H])c([2H])c([2H])c([2H])c4c(-c4ccccc4-c4ccc5c(c4)oc4ccccc45)c4c([2H])c([2H])c([2H])c([2H])c34)c([2H])c([2H])c2c1[2H]. The second-order valence-electron chi connectivity index (χ2n) is 10.1. The Hall–Kier alpha value is -5.66. The summed E-state index contributed by atoms with van der Waals surface area (Å²) >= 11 is 0. The first kappa shape index (κ1) is 13.5. The smallest absolute Gasteiger partial charge is 0.136 e. The first-order valence-electron chi connectivity index (χ1n) is 21.1. The lowest BCUT2D eigenvalue weighted by molar-refractivity contribution is 0.669. The molecule has 1 aromatic heterocycles. The minimum absolute atomic E-state index is 0.0277. The zero-order valence-electron chi connectivity index (χ0n) is 37.3. The Bertz CT molecular complexity index is 3270.